The molecular weight excluding hydrogens is 489 g/mol. The van der Waals surface area contributed by atoms with Gasteiger partial charge in [0, 0.05) is 43.8 Å². The summed E-state index contributed by atoms with van der Waals surface area (Å²) >= 11 is 0. The van der Waals surface area contributed by atoms with Crippen molar-refractivity contribution in [3.8, 4) is 5.75 Å². The lowest BCUT2D eigenvalue weighted by Gasteiger charge is -2.43. The summed E-state index contributed by atoms with van der Waals surface area (Å²) in [7, 11) is 0. The minimum Gasteiger partial charge on any atom is -0.493 e. The number of amides is 2. The molecule has 3 heterocycles. The zero-order valence-electron chi connectivity index (χ0n) is 22.5. The quantitative estimate of drug-likeness (QED) is 0.505. The SMILES string of the molecule is CCOc1cc2nc(C)cn2cc1C(=O)Nc1ccc(N2CCN(C(=O)OC(C)(C)C)C3(CC3)C2)cc1F. The largest absolute Gasteiger partial charge is 0.493 e. The van der Waals surface area contributed by atoms with Crippen LogP contribution in [0.2, 0.25) is 0 Å². The summed E-state index contributed by atoms with van der Waals surface area (Å²) in [6.07, 6.45) is 4.94. The lowest BCUT2D eigenvalue weighted by Crippen LogP contribution is -2.58. The van der Waals surface area contributed by atoms with Gasteiger partial charge < -0.3 is 24.1 Å². The third-order valence-electron chi connectivity index (χ3n) is 6.88. The van der Waals surface area contributed by atoms with Crippen molar-refractivity contribution in [2.24, 2.45) is 0 Å². The number of halogens is 1. The third kappa shape index (κ3) is 5.12. The number of aryl methyl sites for hydroxylation is 1. The molecule has 1 spiro atoms. The van der Waals surface area contributed by atoms with Crippen LogP contribution in [0.25, 0.3) is 5.65 Å². The van der Waals surface area contributed by atoms with Gasteiger partial charge in [-0.15, -0.1) is 0 Å². The van der Waals surface area contributed by atoms with E-state index in [9.17, 15) is 9.59 Å². The molecule has 0 atom stereocenters. The van der Waals surface area contributed by atoms with E-state index in [-0.39, 0.29) is 22.9 Å². The van der Waals surface area contributed by atoms with Crippen molar-refractivity contribution in [3.05, 3.63) is 53.7 Å². The topological polar surface area (TPSA) is 88.4 Å². The summed E-state index contributed by atoms with van der Waals surface area (Å²) < 4.78 is 28.2. The number of fused-ring (bicyclic) bond motifs is 1. The summed E-state index contributed by atoms with van der Waals surface area (Å²) in [5.41, 5.74) is 1.72. The fourth-order valence-electron chi connectivity index (χ4n) is 4.95. The molecule has 9 nitrogen and oxygen atoms in total. The van der Waals surface area contributed by atoms with Gasteiger partial charge in [0.25, 0.3) is 5.91 Å². The second-order valence-corrected chi connectivity index (χ2v) is 11.0. The van der Waals surface area contributed by atoms with Gasteiger partial charge in [-0.1, -0.05) is 0 Å². The Morgan fingerprint density at radius 2 is 1.92 bits per heavy atom. The van der Waals surface area contributed by atoms with Crippen LogP contribution in [0.15, 0.2) is 36.7 Å². The molecular formula is C28H34FN5O4. The van der Waals surface area contributed by atoms with Crippen LogP contribution in [0.4, 0.5) is 20.6 Å². The molecule has 0 radical (unpaired) electrons. The molecule has 38 heavy (non-hydrogen) atoms. The summed E-state index contributed by atoms with van der Waals surface area (Å²) in [6, 6.07) is 6.50. The highest BCUT2D eigenvalue weighted by atomic mass is 19.1. The number of piperazine rings is 1. The number of anilines is 2. The highest BCUT2D eigenvalue weighted by Gasteiger charge is 2.54. The van der Waals surface area contributed by atoms with Crippen LogP contribution in [0.1, 0.15) is 56.6 Å². The molecule has 5 rings (SSSR count). The first-order valence-electron chi connectivity index (χ1n) is 13.0. The minimum absolute atomic E-state index is 0.0802. The Morgan fingerprint density at radius 1 is 1.16 bits per heavy atom. The molecule has 2 aliphatic rings. The van der Waals surface area contributed by atoms with Crippen LogP contribution in [0, 0.1) is 12.7 Å². The standard InChI is InChI=1S/C28H34FN5O4/c1-6-37-23-14-24-30-18(2)15-33(24)16-20(23)25(35)31-22-8-7-19(13-21(22)29)32-11-12-34(28(17-32)9-10-28)26(36)38-27(3,4)5/h7-8,13-16H,6,9-12,17H2,1-5H3,(H,31,35). The predicted molar refractivity (Wildman–Crippen MR) is 143 cm³/mol. The number of hydrogen-bond donors (Lipinski definition) is 1. The van der Waals surface area contributed by atoms with Gasteiger partial charge in [0.2, 0.25) is 0 Å². The normalized spacial score (nSPS) is 16.6. The van der Waals surface area contributed by atoms with Crippen molar-refractivity contribution in [2.75, 3.05) is 36.5 Å². The van der Waals surface area contributed by atoms with Gasteiger partial charge in [0.1, 0.15) is 22.8 Å². The lowest BCUT2D eigenvalue weighted by atomic mass is 10.1. The minimum atomic E-state index is -0.555. The van der Waals surface area contributed by atoms with Gasteiger partial charge in [-0.05, 0) is 65.7 Å². The van der Waals surface area contributed by atoms with Crippen LogP contribution < -0.4 is 15.0 Å². The van der Waals surface area contributed by atoms with E-state index in [0.29, 0.717) is 43.3 Å². The highest BCUT2D eigenvalue weighted by Crippen LogP contribution is 2.45. The van der Waals surface area contributed by atoms with Gasteiger partial charge in [-0.25, -0.2) is 14.2 Å². The molecule has 0 unspecified atom stereocenters. The average Bonchev–Trinajstić information content (AvgIpc) is 3.48. The predicted octanol–water partition coefficient (Wildman–Crippen LogP) is 5.02. The molecule has 0 bridgehead atoms. The number of aromatic nitrogens is 2. The molecule has 2 amide bonds. The number of benzene rings is 1. The maximum atomic E-state index is 15.2. The number of carbonyl (C=O) groups is 2. The first kappa shape index (κ1) is 25.8. The summed E-state index contributed by atoms with van der Waals surface area (Å²) in [6.45, 7) is 11.3. The Labute approximate surface area is 221 Å². The number of pyridine rings is 1. The molecule has 1 aliphatic heterocycles. The number of nitrogens with zero attached hydrogens (tertiary/aromatic N) is 4. The average molecular weight is 524 g/mol. The Morgan fingerprint density at radius 3 is 2.58 bits per heavy atom. The molecule has 202 valence electrons. The van der Waals surface area contributed by atoms with Crippen molar-refractivity contribution in [3.63, 3.8) is 0 Å². The van der Waals surface area contributed by atoms with E-state index in [1.54, 1.807) is 28.8 Å². The first-order valence-corrected chi connectivity index (χ1v) is 13.0. The van der Waals surface area contributed by atoms with Gasteiger partial charge >= 0.3 is 6.09 Å². The van der Waals surface area contributed by atoms with E-state index < -0.39 is 17.3 Å². The number of hydrogen-bond acceptors (Lipinski definition) is 6. The van der Waals surface area contributed by atoms with E-state index in [4.69, 9.17) is 9.47 Å². The molecule has 1 N–H and O–H groups in total. The third-order valence-corrected chi connectivity index (χ3v) is 6.88. The molecule has 1 aromatic carbocycles. The zero-order chi connectivity index (χ0) is 27.2. The number of rotatable bonds is 5. The monoisotopic (exact) mass is 523 g/mol. The Balaban J connectivity index is 1.31. The first-order chi connectivity index (χ1) is 18.0. The Kier molecular flexibility index (Phi) is 6.44. The zero-order valence-corrected chi connectivity index (χ0v) is 22.5. The maximum Gasteiger partial charge on any atom is 0.410 e. The van der Waals surface area contributed by atoms with Crippen molar-refractivity contribution in [1.29, 1.82) is 0 Å². The number of imidazole rings is 1. The molecule has 1 saturated carbocycles. The maximum absolute atomic E-state index is 15.2. The van der Waals surface area contributed by atoms with Crippen LogP contribution in [-0.2, 0) is 4.74 Å². The fraction of sp³-hybridized carbons (Fsp3) is 0.464. The fourth-order valence-corrected chi connectivity index (χ4v) is 4.95. The van der Waals surface area contributed by atoms with Crippen LogP contribution in [-0.4, -0.2) is 63.7 Å². The van der Waals surface area contributed by atoms with Crippen molar-refractivity contribution >= 4 is 29.0 Å². The lowest BCUT2D eigenvalue weighted by molar-refractivity contribution is 0.0106. The van der Waals surface area contributed by atoms with E-state index in [1.165, 1.54) is 6.07 Å². The van der Waals surface area contributed by atoms with Crippen LogP contribution in [0.5, 0.6) is 5.75 Å². The molecule has 10 heteroatoms. The van der Waals surface area contributed by atoms with E-state index in [0.717, 1.165) is 18.5 Å². The van der Waals surface area contributed by atoms with Gasteiger partial charge in [0.05, 0.1) is 29.1 Å². The van der Waals surface area contributed by atoms with Gasteiger partial charge in [0.15, 0.2) is 0 Å². The van der Waals surface area contributed by atoms with Crippen molar-refractivity contribution in [1.82, 2.24) is 14.3 Å². The number of ether oxygens (including phenoxy) is 2. The van der Waals surface area contributed by atoms with Crippen molar-refractivity contribution in [2.45, 2.75) is 58.6 Å². The molecule has 2 aromatic heterocycles. The van der Waals surface area contributed by atoms with E-state index in [2.05, 4.69) is 15.2 Å². The summed E-state index contributed by atoms with van der Waals surface area (Å²) in [4.78, 5) is 34.2. The van der Waals surface area contributed by atoms with Crippen molar-refractivity contribution < 1.29 is 23.5 Å². The molecule has 1 aliphatic carbocycles. The van der Waals surface area contributed by atoms with Gasteiger partial charge in [-0.2, -0.15) is 0 Å². The molecule has 3 aromatic rings. The van der Waals surface area contributed by atoms with Crippen LogP contribution in [0.3, 0.4) is 0 Å². The number of carbonyl (C=O) groups excluding carboxylic acids is 2. The summed E-state index contributed by atoms with van der Waals surface area (Å²) in [5.74, 6) is -0.623. The second-order valence-electron chi connectivity index (χ2n) is 11.0. The highest BCUT2D eigenvalue weighted by molar-refractivity contribution is 6.06. The molecule has 1 saturated heterocycles. The Hall–Kier alpha value is -3.82. The van der Waals surface area contributed by atoms with Gasteiger partial charge in [-0.3, -0.25) is 9.69 Å². The Bertz CT molecular complexity index is 1390. The van der Waals surface area contributed by atoms with E-state index in [1.807, 2.05) is 45.7 Å². The van der Waals surface area contributed by atoms with Crippen LogP contribution >= 0.6 is 0 Å². The summed E-state index contributed by atoms with van der Waals surface area (Å²) in [5, 5.41) is 2.68. The van der Waals surface area contributed by atoms with E-state index >= 15 is 4.39 Å². The molecule has 2 fully saturated rings. The second kappa shape index (κ2) is 9.49. The smallest absolute Gasteiger partial charge is 0.410 e. The number of nitrogens with one attached hydrogen (secondary N) is 1.